The standard InChI is InChI=1S/C46H35OP/c47-48(42-24-14-5-15-25-42,43-30-26-36(27-31-43)34-45(38-16-6-1-7-17-38)39-18-8-2-9-19-39)44-32-28-37(29-33-44)35-46(40-20-10-3-11-21-40)41-22-12-4-13-23-41/h1-35H. The highest BCUT2D eigenvalue weighted by Crippen LogP contribution is 2.42. The van der Waals surface area contributed by atoms with Gasteiger partial charge in [-0.15, -0.1) is 0 Å². The minimum absolute atomic E-state index is 0.810. The Labute approximate surface area is 283 Å². The Morgan fingerprint density at radius 2 is 0.562 bits per heavy atom. The van der Waals surface area contributed by atoms with Crippen LogP contribution < -0.4 is 15.9 Å². The molecule has 1 nitrogen and oxygen atoms in total. The summed E-state index contributed by atoms with van der Waals surface area (Å²) in [7, 11) is -3.16. The Balaban J connectivity index is 1.27. The summed E-state index contributed by atoms with van der Waals surface area (Å²) in [6, 6.07) is 68.1. The molecule has 7 rings (SSSR count). The van der Waals surface area contributed by atoms with Crippen molar-refractivity contribution in [3.05, 3.63) is 234 Å². The van der Waals surface area contributed by atoms with E-state index in [1.165, 1.54) is 0 Å². The van der Waals surface area contributed by atoms with Gasteiger partial charge in [-0.3, -0.25) is 0 Å². The van der Waals surface area contributed by atoms with E-state index in [2.05, 4.69) is 133 Å². The van der Waals surface area contributed by atoms with E-state index in [-0.39, 0.29) is 0 Å². The maximum Gasteiger partial charge on any atom is 0.171 e. The molecule has 0 aliphatic carbocycles. The Bertz CT molecular complexity index is 1960. The van der Waals surface area contributed by atoms with Crippen molar-refractivity contribution in [3.8, 4) is 0 Å². The van der Waals surface area contributed by atoms with Gasteiger partial charge in [-0.25, -0.2) is 0 Å². The summed E-state index contributed by atoms with van der Waals surface area (Å²) >= 11 is 0. The van der Waals surface area contributed by atoms with Crippen molar-refractivity contribution in [3.63, 3.8) is 0 Å². The summed E-state index contributed by atoms with van der Waals surface area (Å²) in [5.74, 6) is 0. The second kappa shape index (κ2) is 14.3. The van der Waals surface area contributed by atoms with Gasteiger partial charge in [0, 0.05) is 15.9 Å². The molecule has 0 spiro atoms. The lowest BCUT2D eigenvalue weighted by molar-refractivity contribution is 0.592. The first kappa shape index (κ1) is 30.9. The van der Waals surface area contributed by atoms with Crippen LogP contribution in [0.2, 0.25) is 0 Å². The Morgan fingerprint density at radius 3 is 0.854 bits per heavy atom. The molecule has 7 aromatic carbocycles. The molecular weight excluding hydrogens is 599 g/mol. The van der Waals surface area contributed by atoms with Crippen LogP contribution in [0.3, 0.4) is 0 Å². The van der Waals surface area contributed by atoms with Crippen LogP contribution in [-0.4, -0.2) is 0 Å². The third kappa shape index (κ3) is 6.69. The maximum atomic E-state index is 15.3. The predicted octanol–water partition coefficient (Wildman–Crippen LogP) is 10.5. The van der Waals surface area contributed by atoms with Gasteiger partial charge in [-0.1, -0.05) is 200 Å². The van der Waals surface area contributed by atoms with E-state index in [1.54, 1.807) is 0 Å². The second-order valence-corrected chi connectivity index (χ2v) is 14.5. The molecule has 2 heteroatoms. The molecule has 0 amide bonds. The molecule has 7 aromatic rings. The molecule has 0 bridgehead atoms. The quantitative estimate of drug-likeness (QED) is 0.114. The normalized spacial score (nSPS) is 11.0. The van der Waals surface area contributed by atoms with E-state index in [4.69, 9.17) is 0 Å². The number of rotatable bonds is 9. The summed E-state index contributed by atoms with van der Waals surface area (Å²) in [6.45, 7) is 0. The first-order valence-electron chi connectivity index (χ1n) is 16.2. The molecule has 0 aromatic heterocycles. The van der Waals surface area contributed by atoms with Crippen LogP contribution in [0.15, 0.2) is 200 Å². The molecule has 0 heterocycles. The molecule has 0 fully saturated rings. The Hall–Kier alpha value is -5.75. The van der Waals surface area contributed by atoms with Gasteiger partial charge in [0.05, 0.1) is 0 Å². The molecule has 0 unspecified atom stereocenters. The van der Waals surface area contributed by atoms with Crippen LogP contribution in [0.1, 0.15) is 33.4 Å². The molecule has 0 radical (unpaired) electrons. The van der Waals surface area contributed by atoms with Crippen LogP contribution in [0.5, 0.6) is 0 Å². The van der Waals surface area contributed by atoms with Gasteiger partial charge in [0.2, 0.25) is 0 Å². The molecule has 0 N–H and O–H groups in total. The fourth-order valence-electron chi connectivity index (χ4n) is 6.12. The van der Waals surface area contributed by atoms with Crippen molar-refractivity contribution in [1.29, 1.82) is 0 Å². The average Bonchev–Trinajstić information content (AvgIpc) is 3.18. The van der Waals surface area contributed by atoms with Crippen molar-refractivity contribution in [2.45, 2.75) is 0 Å². The number of hydrogen-bond donors (Lipinski definition) is 0. The van der Waals surface area contributed by atoms with Gasteiger partial charge >= 0.3 is 0 Å². The van der Waals surface area contributed by atoms with Gasteiger partial charge in [0.15, 0.2) is 7.14 Å². The molecule has 0 saturated carbocycles. The Kier molecular flexibility index (Phi) is 9.23. The molecule has 0 aliphatic heterocycles. The van der Waals surface area contributed by atoms with E-state index in [0.717, 1.165) is 60.4 Å². The number of benzene rings is 7. The van der Waals surface area contributed by atoms with Crippen LogP contribution in [0, 0.1) is 0 Å². The smallest absolute Gasteiger partial charge is 0.171 e. The van der Waals surface area contributed by atoms with Crippen LogP contribution in [0.4, 0.5) is 0 Å². The zero-order valence-electron chi connectivity index (χ0n) is 26.6. The zero-order chi connectivity index (χ0) is 32.6. The van der Waals surface area contributed by atoms with E-state index in [1.807, 2.05) is 78.9 Å². The first-order valence-corrected chi connectivity index (χ1v) is 17.9. The van der Waals surface area contributed by atoms with Gasteiger partial charge in [0.1, 0.15) is 0 Å². The SMILES string of the molecule is O=P(c1ccccc1)(c1ccc(C=C(c2ccccc2)c2ccccc2)cc1)c1ccc(C=C(c2ccccc2)c2ccccc2)cc1. The summed E-state index contributed by atoms with van der Waals surface area (Å²) in [4.78, 5) is 0. The molecule has 0 aliphatic rings. The lowest BCUT2D eigenvalue weighted by Crippen LogP contribution is -2.25. The third-order valence-electron chi connectivity index (χ3n) is 8.59. The molecular formula is C46H35OP. The van der Waals surface area contributed by atoms with Gasteiger partial charge < -0.3 is 4.57 Å². The lowest BCUT2D eigenvalue weighted by atomic mass is 9.96. The highest BCUT2D eigenvalue weighted by molar-refractivity contribution is 7.85. The topological polar surface area (TPSA) is 17.1 Å². The summed E-state index contributed by atoms with van der Waals surface area (Å²) in [5.41, 5.74) is 9.00. The molecule has 48 heavy (non-hydrogen) atoms. The van der Waals surface area contributed by atoms with Gasteiger partial charge in [-0.2, -0.15) is 0 Å². The maximum absolute atomic E-state index is 15.3. The van der Waals surface area contributed by atoms with Crippen molar-refractivity contribution in [2.24, 2.45) is 0 Å². The Morgan fingerprint density at radius 1 is 0.312 bits per heavy atom. The second-order valence-electron chi connectivity index (χ2n) is 11.7. The van der Waals surface area contributed by atoms with Crippen molar-refractivity contribution < 1.29 is 4.57 Å². The van der Waals surface area contributed by atoms with E-state index in [9.17, 15) is 0 Å². The number of hydrogen-bond acceptors (Lipinski definition) is 1. The van der Waals surface area contributed by atoms with Crippen LogP contribution >= 0.6 is 7.14 Å². The van der Waals surface area contributed by atoms with Crippen LogP contribution in [-0.2, 0) is 4.57 Å². The van der Waals surface area contributed by atoms with Gasteiger partial charge in [0.25, 0.3) is 0 Å². The van der Waals surface area contributed by atoms with Crippen molar-refractivity contribution in [2.75, 3.05) is 0 Å². The molecule has 230 valence electrons. The summed E-state index contributed by atoms with van der Waals surface area (Å²) < 4.78 is 15.3. The van der Waals surface area contributed by atoms with Crippen LogP contribution in [0.25, 0.3) is 23.3 Å². The largest absolute Gasteiger partial charge is 0.309 e. The highest BCUT2D eigenvalue weighted by Gasteiger charge is 2.29. The van der Waals surface area contributed by atoms with Gasteiger partial charge in [-0.05, 0) is 56.7 Å². The van der Waals surface area contributed by atoms with E-state index < -0.39 is 7.14 Å². The third-order valence-corrected chi connectivity index (χ3v) is 11.7. The minimum Gasteiger partial charge on any atom is -0.309 e. The van der Waals surface area contributed by atoms with Crippen molar-refractivity contribution in [1.82, 2.24) is 0 Å². The zero-order valence-corrected chi connectivity index (χ0v) is 27.5. The summed E-state index contributed by atoms with van der Waals surface area (Å²) in [5, 5.41) is 2.44. The van der Waals surface area contributed by atoms with E-state index >= 15 is 4.57 Å². The first-order chi connectivity index (χ1) is 23.7. The fourth-order valence-corrected chi connectivity index (χ4v) is 8.74. The summed E-state index contributed by atoms with van der Waals surface area (Å²) in [6.07, 6.45) is 4.42. The minimum atomic E-state index is -3.16. The average molecular weight is 635 g/mol. The van der Waals surface area contributed by atoms with Crippen molar-refractivity contribution >= 4 is 46.4 Å². The molecule has 0 atom stereocenters. The predicted molar refractivity (Wildman–Crippen MR) is 206 cm³/mol. The lowest BCUT2D eigenvalue weighted by Gasteiger charge is -2.20. The fraction of sp³-hybridized carbons (Fsp3) is 0. The van der Waals surface area contributed by atoms with E-state index in [0.29, 0.717) is 0 Å². The monoisotopic (exact) mass is 634 g/mol. The molecule has 0 saturated heterocycles. The highest BCUT2D eigenvalue weighted by atomic mass is 31.2.